The summed E-state index contributed by atoms with van der Waals surface area (Å²) in [5.74, 6) is 2.86. The number of methoxy groups -OCH3 is 1. The lowest BCUT2D eigenvalue weighted by molar-refractivity contribution is 0.00578. The Balaban J connectivity index is 1.70. The lowest BCUT2D eigenvalue weighted by Gasteiger charge is -2.37. The van der Waals surface area contributed by atoms with E-state index in [1.54, 1.807) is 13.2 Å². The molecule has 40 heavy (non-hydrogen) atoms. The highest BCUT2D eigenvalue weighted by Crippen LogP contribution is 2.43. The van der Waals surface area contributed by atoms with Crippen LogP contribution in [0.3, 0.4) is 0 Å². The summed E-state index contributed by atoms with van der Waals surface area (Å²) in [7, 11) is 1.21. The Morgan fingerprint density at radius 2 is 1.60 bits per heavy atom. The van der Waals surface area contributed by atoms with Gasteiger partial charge in [-0.15, -0.1) is 0 Å². The summed E-state index contributed by atoms with van der Waals surface area (Å²) >= 11 is 12.9. The van der Waals surface area contributed by atoms with E-state index in [0.29, 0.717) is 16.9 Å². The molecule has 1 saturated heterocycles. The molecule has 0 saturated carbocycles. The monoisotopic (exact) mass is 580 g/mol. The van der Waals surface area contributed by atoms with Crippen LogP contribution in [-0.2, 0) is 22.3 Å². The summed E-state index contributed by atoms with van der Waals surface area (Å²) < 4.78 is 17.9. The third kappa shape index (κ3) is 7.29. The van der Waals surface area contributed by atoms with Crippen molar-refractivity contribution in [1.82, 2.24) is 10.3 Å². The summed E-state index contributed by atoms with van der Waals surface area (Å²) in [6, 6.07) is 22.1. The van der Waals surface area contributed by atoms with Crippen LogP contribution in [0.25, 0.3) is 0 Å². The van der Waals surface area contributed by atoms with Gasteiger partial charge in [-0.2, -0.15) is 0 Å². The maximum absolute atomic E-state index is 6.75. The molecule has 5 nitrogen and oxygen atoms in total. The van der Waals surface area contributed by atoms with Gasteiger partial charge in [-0.05, 0) is 69.9 Å². The van der Waals surface area contributed by atoms with E-state index in [9.17, 15) is 0 Å². The molecule has 4 rings (SSSR count). The maximum atomic E-state index is 6.75. The lowest BCUT2D eigenvalue weighted by Crippen LogP contribution is -2.41. The first kappa shape index (κ1) is 30.6. The average molecular weight is 581 g/mol. The number of pyridine rings is 1. The molecule has 1 aliphatic rings. The van der Waals surface area contributed by atoms with Gasteiger partial charge in [0.15, 0.2) is 0 Å². The van der Waals surface area contributed by atoms with E-state index < -0.39 is 23.7 Å². The maximum Gasteiger partial charge on any atom is 0.486 e. The van der Waals surface area contributed by atoms with E-state index in [1.807, 2.05) is 30.2 Å². The third-order valence-electron chi connectivity index (χ3n) is 8.18. The third-order valence-corrected chi connectivity index (χ3v) is 8.70. The van der Waals surface area contributed by atoms with Crippen molar-refractivity contribution < 1.29 is 14.0 Å². The molecule has 0 radical (unpaired) electrons. The second kappa shape index (κ2) is 12.7. The molecule has 1 N–H and O–H groups in total. The topological polar surface area (TPSA) is 52.6 Å². The predicted octanol–water partition coefficient (Wildman–Crippen LogP) is 8.05. The van der Waals surface area contributed by atoms with E-state index in [2.05, 4.69) is 87.4 Å². The van der Waals surface area contributed by atoms with E-state index in [-0.39, 0.29) is 6.04 Å². The Morgan fingerprint density at radius 3 is 2.20 bits per heavy atom. The molecule has 1 aliphatic heterocycles. The molecule has 212 valence electrons. The Labute approximate surface area is 249 Å². The van der Waals surface area contributed by atoms with Crippen molar-refractivity contribution in [3.63, 3.8) is 0 Å². The van der Waals surface area contributed by atoms with Gasteiger partial charge in [-0.25, -0.2) is 4.98 Å². The van der Waals surface area contributed by atoms with Crippen molar-refractivity contribution in [3.8, 4) is 5.75 Å². The second-order valence-corrected chi connectivity index (χ2v) is 12.4. The second-order valence-electron chi connectivity index (χ2n) is 11.7. The number of nitrogens with zero attached hydrogens (tertiary/aromatic N) is 1. The van der Waals surface area contributed by atoms with E-state index in [0.717, 1.165) is 29.7 Å². The van der Waals surface area contributed by atoms with Crippen LogP contribution in [0, 0.1) is 5.41 Å². The van der Waals surface area contributed by atoms with E-state index in [4.69, 9.17) is 37.2 Å². The predicted molar refractivity (Wildman–Crippen MR) is 165 cm³/mol. The van der Waals surface area contributed by atoms with Crippen molar-refractivity contribution in [1.29, 1.82) is 0 Å². The smallest absolute Gasteiger partial charge is 0.486 e. The van der Waals surface area contributed by atoms with E-state index >= 15 is 0 Å². The number of halogens is 2. The largest absolute Gasteiger partial charge is 0.497 e. The first-order valence-electron chi connectivity index (χ1n) is 13.7. The summed E-state index contributed by atoms with van der Waals surface area (Å²) in [6.07, 6.45) is 3.94. The van der Waals surface area contributed by atoms with Gasteiger partial charge in [0.1, 0.15) is 16.1 Å². The van der Waals surface area contributed by atoms with Crippen LogP contribution in [-0.4, -0.2) is 30.4 Å². The minimum Gasteiger partial charge on any atom is -0.497 e. The van der Waals surface area contributed by atoms with Crippen molar-refractivity contribution >= 4 is 30.3 Å². The number of ether oxygens (including phenoxy) is 1. The lowest BCUT2D eigenvalue weighted by atomic mass is 9.72. The molecule has 0 amide bonds. The van der Waals surface area contributed by atoms with Crippen LogP contribution in [0.5, 0.6) is 5.75 Å². The van der Waals surface area contributed by atoms with Crippen LogP contribution >= 0.6 is 23.2 Å². The van der Waals surface area contributed by atoms with Crippen LogP contribution in [0.2, 0.25) is 10.3 Å². The number of hydrogen-bond acceptors (Lipinski definition) is 5. The van der Waals surface area contributed by atoms with Crippen LogP contribution in [0.1, 0.15) is 63.8 Å². The van der Waals surface area contributed by atoms with Gasteiger partial charge in [0.05, 0.1) is 18.3 Å². The molecule has 3 aromatic rings. The van der Waals surface area contributed by atoms with Crippen LogP contribution in [0.4, 0.5) is 0 Å². The summed E-state index contributed by atoms with van der Waals surface area (Å²) in [4.78, 5) is 4.38. The normalized spacial score (nSPS) is 18.6. The Kier molecular flexibility index (Phi) is 9.69. The first-order valence-corrected chi connectivity index (χ1v) is 14.5. The molecule has 8 heteroatoms. The zero-order valence-electron chi connectivity index (χ0n) is 24.2. The molecule has 2 atom stereocenters. The van der Waals surface area contributed by atoms with Crippen molar-refractivity contribution in [2.24, 2.45) is 5.41 Å². The molecule has 1 fully saturated rings. The summed E-state index contributed by atoms with van der Waals surface area (Å²) in [6.45, 7) is 11.1. The van der Waals surface area contributed by atoms with Gasteiger partial charge in [-0.1, -0.05) is 90.7 Å². The Bertz CT molecular complexity index is 1290. The van der Waals surface area contributed by atoms with Gasteiger partial charge >= 0.3 is 7.12 Å². The summed E-state index contributed by atoms with van der Waals surface area (Å²) in [5, 5.41) is 4.54. The minimum absolute atomic E-state index is 0.186. The minimum atomic E-state index is -0.456. The van der Waals surface area contributed by atoms with Gasteiger partial charge < -0.3 is 19.4 Å². The molecule has 2 aromatic carbocycles. The average Bonchev–Trinajstić information content (AvgIpc) is 3.14. The molecular formula is C32H39BCl2N2O3. The van der Waals surface area contributed by atoms with Crippen molar-refractivity contribution in [3.05, 3.63) is 106 Å². The van der Waals surface area contributed by atoms with Crippen molar-refractivity contribution in [2.75, 3.05) is 7.11 Å². The fourth-order valence-electron chi connectivity index (χ4n) is 4.95. The SMILES string of the molecule is COc1ccc(CN[C@@H](c2ccc(Cl)nc2Cl)[C@](C)(/C=C/B2OC(C)(C)C(C)(C)O2)CCc2ccccc2)cc1. The van der Waals surface area contributed by atoms with Crippen LogP contribution in [0.15, 0.2) is 78.8 Å². The van der Waals surface area contributed by atoms with E-state index in [1.165, 1.54) is 5.56 Å². The molecule has 0 spiro atoms. The number of nitrogens with one attached hydrogen (secondary N) is 1. The summed E-state index contributed by atoms with van der Waals surface area (Å²) in [5.41, 5.74) is 2.05. The van der Waals surface area contributed by atoms with Gasteiger partial charge in [0.25, 0.3) is 0 Å². The standard InChI is InChI=1S/C32H39BCl2N2O3/c1-30(2)31(3,4)40-33(39-30)21-20-32(5,19-18-23-10-8-7-9-11-23)28(26-16-17-27(34)37-29(26)35)36-22-24-12-14-25(38-6)15-13-24/h7-17,20-21,28,36H,18-19,22H2,1-6H3/b21-20+/t28-,32-/m0/s1. The molecule has 0 bridgehead atoms. The molecule has 0 unspecified atom stereocenters. The number of rotatable bonds is 11. The highest BCUT2D eigenvalue weighted by atomic mass is 35.5. The molecular weight excluding hydrogens is 542 g/mol. The fraction of sp³-hybridized carbons (Fsp3) is 0.406. The first-order chi connectivity index (χ1) is 18.9. The molecule has 0 aliphatic carbocycles. The Hall–Kier alpha value is -2.35. The highest BCUT2D eigenvalue weighted by molar-refractivity contribution is 6.51. The molecule has 2 heterocycles. The van der Waals surface area contributed by atoms with Crippen molar-refractivity contribution in [2.45, 2.75) is 71.2 Å². The molecule has 1 aromatic heterocycles. The fourth-order valence-corrected chi connectivity index (χ4v) is 5.40. The zero-order valence-corrected chi connectivity index (χ0v) is 25.7. The highest BCUT2D eigenvalue weighted by Gasteiger charge is 2.50. The van der Waals surface area contributed by atoms with Crippen LogP contribution < -0.4 is 10.1 Å². The van der Waals surface area contributed by atoms with Gasteiger partial charge in [0.2, 0.25) is 0 Å². The Morgan fingerprint density at radius 1 is 0.950 bits per heavy atom. The number of benzene rings is 2. The number of aromatic nitrogens is 1. The number of hydrogen-bond donors (Lipinski definition) is 1. The number of aryl methyl sites for hydroxylation is 1. The zero-order chi connectivity index (χ0) is 29.0. The van der Waals surface area contributed by atoms with Gasteiger partial charge in [0, 0.05) is 23.6 Å². The quantitative estimate of drug-likeness (QED) is 0.184. The van der Waals surface area contributed by atoms with Gasteiger partial charge in [-0.3, -0.25) is 0 Å².